The first-order valence-electron chi connectivity index (χ1n) is 8.01. The van der Waals surface area contributed by atoms with E-state index < -0.39 is 14.9 Å². The third-order valence-corrected chi connectivity index (χ3v) is 6.27. The van der Waals surface area contributed by atoms with E-state index in [1.807, 2.05) is 12.1 Å². The second-order valence-corrected chi connectivity index (χ2v) is 9.03. The number of nitrogens with zero attached hydrogens (tertiary/aromatic N) is 2. The third kappa shape index (κ3) is 3.11. The van der Waals surface area contributed by atoms with Gasteiger partial charge in [-0.2, -0.15) is 0 Å². The number of nitro groups is 1. The van der Waals surface area contributed by atoms with Crippen LogP contribution in [0.2, 0.25) is 0 Å². The molecule has 1 aliphatic rings. The molecule has 2 aromatic carbocycles. The highest BCUT2D eigenvalue weighted by Gasteiger charge is 2.32. The summed E-state index contributed by atoms with van der Waals surface area (Å²) < 4.78 is 27.3. The van der Waals surface area contributed by atoms with Crippen molar-refractivity contribution in [2.75, 3.05) is 10.8 Å². The summed E-state index contributed by atoms with van der Waals surface area (Å²) in [5, 5.41) is 11.0. The van der Waals surface area contributed by atoms with Crippen LogP contribution in [0.25, 0.3) is 0 Å². The number of rotatable bonds is 3. The van der Waals surface area contributed by atoms with Gasteiger partial charge in [0.05, 0.1) is 15.5 Å². The Kier molecular flexibility index (Phi) is 4.07. The molecule has 0 spiro atoms. The number of benzene rings is 2. The maximum Gasteiger partial charge on any atom is 0.271 e. The van der Waals surface area contributed by atoms with Gasteiger partial charge >= 0.3 is 0 Å². The molecule has 0 aliphatic carbocycles. The zero-order valence-electron chi connectivity index (χ0n) is 14.4. The van der Waals surface area contributed by atoms with Crippen molar-refractivity contribution >= 4 is 21.4 Å². The van der Waals surface area contributed by atoms with Gasteiger partial charge < -0.3 is 0 Å². The Balaban J connectivity index is 2.00. The fourth-order valence-electron chi connectivity index (χ4n) is 2.96. The Morgan fingerprint density at radius 3 is 2.28 bits per heavy atom. The van der Waals surface area contributed by atoms with Gasteiger partial charge in [0.2, 0.25) is 0 Å². The molecule has 0 atom stereocenters. The number of hydrogen-bond donors (Lipinski definition) is 0. The van der Waals surface area contributed by atoms with Crippen molar-refractivity contribution in [3.05, 3.63) is 63.7 Å². The van der Waals surface area contributed by atoms with E-state index in [2.05, 4.69) is 20.8 Å². The Labute approximate surface area is 147 Å². The Morgan fingerprint density at radius 1 is 1.08 bits per heavy atom. The lowest BCUT2D eigenvalue weighted by Crippen LogP contribution is -2.29. The molecule has 0 saturated carbocycles. The van der Waals surface area contributed by atoms with E-state index in [1.165, 1.54) is 16.4 Å². The quantitative estimate of drug-likeness (QED) is 0.618. The average molecular weight is 360 g/mol. The van der Waals surface area contributed by atoms with E-state index >= 15 is 0 Å². The van der Waals surface area contributed by atoms with Gasteiger partial charge in [-0.15, -0.1) is 0 Å². The highest BCUT2D eigenvalue weighted by Crippen LogP contribution is 2.36. The van der Waals surface area contributed by atoms with Crippen LogP contribution in [0.1, 0.15) is 31.9 Å². The summed E-state index contributed by atoms with van der Waals surface area (Å²) in [6, 6.07) is 11.2. The fourth-order valence-corrected chi connectivity index (χ4v) is 4.45. The largest absolute Gasteiger partial charge is 0.271 e. The zero-order valence-corrected chi connectivity index (χ0v) is 15.2. The van der Waals surface area contributed by atoms with Crippen LogP contribution in [0.15, 0.2) is 47.4 Å². The minimum absolute atomic E-state index is 0.0663. The Hall–Kier alpha value is -2.41. The van der Waals surface area contributed by atoms with Crippen molar-refractivity contribution in [2.24, 2.45) is 0 Å². The van der Waals surface area contributed by atoms with Crippen LogP contribution in [0.5, 0.6) is 0 Å². The van der Waals surface area contributed by atoms with Gasteiger partial charge in [-0.25, -0.2) is 8.42 Å². The van der Waals surface area contributed by atoms with Crippen LogP contribution in [0.4, 0.5) is 11.4 Å². The van der Waals surface area contributed by atoms with Crippen molar-refractivity contribution in [1.29, 1.82) is 0 Å². The normalized spacial score (nSPS) is 14.4. The van der Waals surface area contributed by atoms with Gasteiger partial charge in [-0.3, -0.25) is 14.4 Å². The summed E-state index contributed by atoms with van der Waals surface area (Å²) in [5.41, 5.74) is 2.07. The molecule has 6 nitrogen and oxygen atoms in total. The van der Waals surface area contributed by atoms with Gasteiger partial charge in [0, 0.05) is 18.7 Å². The minimum Gasteiger partial charge on any atom is -0.265 e. The van der Waals surface area contributed by atoms with Crippen LogP contribution in [0.3, 0.4) is 0 Å². The minimum atomic E-state index is -3.75. The number of anilines is 1. The molecule has 0 aromatic heterocycles. The lowest BCUT2D eigenvalue weighted by Gasteiger charge is -2.22. The van der Waals surface area contributed by atoms with Crippen molar-refractivity contribution in [3.63, 3.8) is 0 Å². The van der Waals surface area contributed by atoms with Gasteiger partial charge in [-0.05, 0) is 35.1 Å². The first-order chi connectivity index (χ1) is 11.6. The molecule has 0 bridgehead atoms. The molecule has 0 fully saturated rings. The van der Waals surface area contributed by atoms with E-state index in [-0.39, 0.29) is 16.0 Å². The molecule has 0 amide bonds. The number of hydrogen-bond acceptors (Lipinski definition) is 4. The molecule has 2 aromatic rings. The van der Waals surface area contributed by atoms with Gasteiger partial charge in [0.15, 0.2) is 0 Å². The molecular weight excluding hydrogens is 340 g/mol. The van der Waals surface area contributed by atoms with Crippen LogP contribution in [-0.4, -0.2) is 19.9 Å². The second kappa shape index (κ2) is 5.84. The lowest BCUT2D eigenvalue weighted by atomic mass is 9.87. The molecule has 1 aliphatic heterocycles. The highest BCUT2D eigenvalue weighted by molar-refractivity contribution is 7.92. The Morgan fingerprint density at radius 2 is 1.72 bits per heavy atom. The number of sulfonamides is 1. The van der Waals surface area contributed by atoms with Crippen molar-refractivity contribution in [2.45, 2.75) is 37.5 Å². The van der Waals surface area contributed by atoms with E-state index in [0.717, 1.165) is 11.1 Å². The maximum atomic E-state index is 13.0. The van der Waals surface area contributed by atoms with E-state index in [0.29, 0.717) is 18.7 Å². The van der Waals surface area contributed by atoms with E-state index in [9.17, 15) is 18.5 Å². The molecule has 0 saturated heterocycles. The molecule has 132 valence electrons. The molecule has 0 radical (unpaired) electrons. The number of fused-ring (bicyclic) bond motifs is 1. The topological polar surface area (TPSA) is 80.5 Å². The van der Waals surface area contributed by atoms with Crippen LogP contribution < -0.4 is 4.31 Å². The van der Waals surface area contributed by atoms with Crippen LogP contribution in [-0.2, 0) is 21.9 Å². The summed E-state index contributed by atoms with van der Waals surface area (Å²) in [6.07, 6.45) is 0.548. The monoisotopic (exact) mass is 360 g/mol. The second-order valence-electron chi connectivity index (χ2n) is 7.17. The van der Waals surface area contributed by atoms with Crippen LogP contribution in [0, 0.1) is 10.1 Å². The number of non-ortho nitro benzene ring substituents is 1. The Bertz CT molecular complexity index is 929. The maximum absolute atomic E-state index is 13.0. The third-order valence-electron chi connectivity index (χ3n) is 4.44. The lowest BCUT2D eigenvalue weighted by molar-refractivity contribution is -0.384. The summed E-state index contributed by atoms with van der Waals surface area (Å²) >= 11 is 0. The predicted molar refractivity (Wildman–Crippen MR) is 96.5 cm³/mol. The molecule has 25 heavy (non-hydrogen) atoms. The van der Waals surface area contributed by atoms with Crippen molar-refractivity contribution in [3.8, 4) is 0 Å². The first kappa shape index (κ1) is 17.4. The molecular formula is C18H20N2O4S. The van der Waals surface area contributed by atoms with E-state index in [1.54, 1.807) is 18.2 Å². The van der Waals surface area contributed by atoms with Crippen molar-refractivity contribution in [1.82, 2.24) is 0 Å². The predicted octanol–water partition coefficient (Wildman–Crippen LogP) is 3.64. The first-order valence-corrected chi connectivity index (χ1v) is 9.45. The van der Waals surface area contributed by atoms with Gasteiger partial charge in [-0.1, -0.05) is 39.0 Å². The van der Waals surface area contributed by atoms with E-state index in [4.69, 9.17) is 0 Å². The molecule has 0 unspecified atom stereocenters. The smallest absolute Gasteiger partial charge is 0.265 e. The summed E-state index contributed by atoms with van der Waals surface area (Å²) in [5.74, 6) is 0. The van der Waals surface area contributed by atoms with Crippen molar-refractivity contribution < 1.29 is 13.3 Å². The summed E-state index contributed by atoms with van der Waals surface area (Å²) in [7, 11) is -3.75. The highest BCUT2D eigenvalue weighted by atomic mass is 32.2. The summed E-state index contributed by atoms with van der Waals surface area (Å²) in [4.78, 5) is 10.7. The zero-order chi connectivity index (χ0) is 18.4. The molecule has 7 heteroatoms. The van der Waals surface area contributed by atoms with Crippen LogP contribution >= 0.6 is 0 Å². The molecule has 3 rings (SSSR count). The average Bonchev–Trinajstić information content (AvgIpc) is 2.97. The standard InChI is InChI=1S/C18H20N2O4S/c1-18(2,3)14-5-8-16(9-6-14)25(23,24)19-11-10-13-4-7-15(20(21)22)12-17(13)19/h4-9,12H,10-11H2,1-3H3. The SMILES string of the molecule is CC(C)(C)c1ccc(S(=O)(=O)N2CCc3ccc([N+](=O)[O-])cc32)cc1. The molecule has 1 heterocycles. The number of nitro benzene ring substituents is 1. The fraction of sp³-hybridized carbons (Fsp3) is 0.333. The van der Waals surface area contributed by atoms with Gasteiger partial charge in [0.25, 0.3) is 15.7 Å². The molecule has 0 N–H and O–H groups in total. The van der Waals surface area contributed by atoms with Gasteiger partial charge in [0.1, 0.15) is 0 Å². The summed E-state index contributed by atoms with van der Waals surface area (Å²) in [6.45, 7) is 6.48.